The van der Waals surface area contributed by atoms with Gasteiger partial charge in [0.1, 0.15) is 11.6 Å². The summed E-state index contributed by atoms with van der Waals surface area (Å²) >= 11 is 5.98. The van der Waals surface area contributed by atoms with Gasteiger partial charge in [-0.2, -0.15) is 4.31 Å². The van der Waals surface area contributed by atoms with Crippen LogP contribution in [0.2, 0.25) is 5.02 Å². The standard InChI is InChI=1S/C18H18ClFN2O4S/c1-26-17-7-2-13(19)12-16(17)18(23)21-8-10-22(11-9-21)27(24,25)15-5-3-14(20)4-6-15/h2-7,12H,8-11H2,1H3. The average molecular weight is 413 g/mol. The minimum Gasteiger partial charge on any atom is -0.496 e. The van der Waals surface area contributed by atoms with Gasteiger partial charge in [-0.3, -0.25) is 4.79 Å². The summed E-state index contributed by atoms with van der Waals surface area (Å²) in [6, 6.07) is 9.47. The number of ether oxygens (including phenoxy) is 1. The number of piperazine rings is 1. The van der Waals surface area contributed by atoms with Gasteiger partial charge < -0.3 is 9.64 Å². The van der Waals surface area contributed by atoms with Gasteiger partial charge in [-0.15, -0.1) is 0 Å². The summed E-state index contributed by atoms with van der Waals surface area (Å²) in [6.07, 6.45) is 0. The molecule has 0 unspecified atom stereocenters. The molecule has 0 N–H and O–H groups in total. The maximum atomic E-state index is 13.0. The number of carbonyl (C=O) groups excluding carboxylic acids is 1. The molecular weight excluding hydrogens is 395 g/mol. The first-order valence-electron chi connectivity index (χ1n) is 8.21. The number of halogens is 2. The Hall–Kier alpha value is -2.16. The SMILES string of the molecule is COc1ccc(Cl)cc1C(=O)N1CCN(S(=O)(=O)c2ccc(F)cc2)CC1. The molecule has 0 bridgehead atoms. The van der Waals surface area contributed by atoms with Crippen LogP contribution in [0.5, 0.6) is 5.75 Å². The van der Waals surface area contributed by atoms with Crippen LogP contribution in [-0.4, -0.2) is 56.8 Å². The van der Waals surface area contributed by atoms with E-state index in [-0.39, 0.29) is 37.0 Å². The number of benzene rings is 2. The maximum Gasteiger partial charge on any atom is 0.257 e. The third-order valence-corrected chi connectivity index (χ3v) is 6.52. The van der Waals surface area contributed by atoms with E-state index in [9.17, 15) is 17.6 Å². The van der Waals surface area contributed by atoms with E-state index in [1.54, 1.807) is 17.0 Å². The number of hydrogen-bond acceptors (Lipinski definition) is 4. The maximum absolute atomic E-state index is 13.0. The lowest BCUT2D eigenvalue weighted by molar-refractivity contribution is 0.0694. The first kappa shape index (κ1) is 19.6. The fourth-order valence-electron chi connectivity index (χ4n) is 2.90. The largest absolute Gasteiger partial charge is 0.496 e. The molecule has 1 amide bonds. The second-order valence-electron chi connectivity index (χ2n) is 5.99. The van der Waals surface area contributed by atoms with Crippen molar-refractivity contribution in [3.05, 3.63) is 58.9 Å². The number of rotatable bonds is 4. The van der Waals surface area contributed by atoms with Gasteiger partial charge in [-0.05, 0) is 42.5 Å². The summed E-state index contributed by atoms with van der Waals surface area (Å²) in [6.45, 7) is 0.756. The highest BCUT2D eigenvalue weighted by atomic mass is 35.5. The lowest BCUT2D eigenvalue weighted by Crippen LogP contribution is -2.50. The van der Waals surface area contributed by atoms with Crippen LogP contribution >= 0.6 is 11.6 Å². The Labute approximate surface area is 162 Å². The summed E-state index contributed by atoms with van der Waals surface area (Å²) < 4.78 is 44.8. The normalized spacial score (nSPS) is 15.6. The lowest BCUT2D eigenvalue weighted by atomic mass is 10.1. The molecule has 144 valence electrons. The molecule has 9 heteroatoms. The van der Waals surface area contributed by atoms with Crippen LogP contribution < -0.4 is 4.74 Å². The van der Waals surface area contributed by atoms with E-state index in [0.717, 1.165) is 12.1 Å². The molecule has 3 rings (SSSR count). The first-order valence-corrected chi connectivity index (χ1v) is 10.0. The van der Waals surface area contributed by atoms with Gasteiger partial charge in [-0.1, -0.05) is 11.6 Å². The predicted octanol–water partition coefficient (Wildman–Crippen LogP) is 2.63. The van der Waals surface area contributed by atoms with E-state index in [4.69, 9.17) is 16.3 Å². The van der Waals surface area contributed by atoms with Crippen molar-refractivity contribution in [2.24, 2.45) is 0 Å². The molecule has 2 aromatic carbocycles. The number of methoxy groups -OCH3 is 1. The van der Waals surface area contributed by atoms with E-state index in [1.165, 1.54) is 29.6 Å². The van der Waals surface area contributed by atoms with Gasteiger partial charge in [0.15, 0.2) is 0 Å². The Morgan fingerprint density at radius 3 is 2.30 bits per heavy atom. The van der Waals surface area contributed by atoms with Crippen molar-refractivity contribution >= 4 is 27.5 Å². The highest BCUT2D eigenvalue weighted by Gasteiger charge is 2.31. The van der Waals surface area contributed by atoms with Crippen molar-refractivity contribution in [1.29, 1.82) is 0 Å². The number of carbonyl (C=O) groups is 1. The van der Waals surface area contributed by atoms with Crippen molar-refractivity contribution in [2.45, 2.75) is 4.90 Å². The molecule has 0 radical (unpaired) electrons. The molecule has 1 saturated heterocycles. The summed E-state index contributed by atoms with van der Waals surface area (Å²) in [5.74, 6) is -0.362. The minimum atomic E-state index is -3.73. The summed E-state index contributed by atoms with van der Waals surface area (Å²) in [7, 11) is -2.26. The highest BCUT2D eigenvalue weighted by Crippen LogP contribution is 2.25. The Morgan fingerprint density at radius 2 is 1.70 bits per heavy atom. The summed E-state index contributed by atoms with van der Waals surface area (Å²) in [5.41, 5.74) is 0.333. The molecule has 0 aromatic heterocycles. The highest BCUT2D eigenvalue weighted by molar-refractivity contribution is 7.89. The smallest absolute Gasteiger partial charge is 0.257 e. The zero-order valence-corrected chi connectivity index (χ0v) is 16.1. The van der Waals surface area contributed by atoms with Crippen LogP contribution in [0.1, 0.15) is 10.4 Å². The van der Waals surface area contributed by atoms with Crippen LogP contribution in [0.4, 0.5) is 4.39 Å². The zero-order chi connectivity index (χ0) is 19.6. The molecule has 1 heterocycles. The van der Waals surface area contributed by atoms with E-state index >= 15 is 0 Å². The molecular formula is C18H18ClFN2O4S. The second-order valence-corrected chi connectivity index (χ2v) is 8.37. The Bertz CT molecular complexity index is 942. The van der Waals surface area contributed by atoms with Crippen LogP contribution in [0.25, 0.3) is 0 Å². The topological polar surface area (TPSA) is 66.9 Å². The van der Waals surface area contributed by atoms with Crippen molar-refractivity contribution in [1.82, 2.24) is 9.21 Å². The number of hydrogen-bond donors (Lipinski definition) is 0. The van der Waals surface area contributed by atoms with Gasteiger partial charge in [0.05, 0.1) is 17.6 Å². The third-order valence-electron chi connectivity index (χ3n) is 4.37. The number of nitrogens with zero attached hydrogens (tertiary/aromatic N) is 2. The lowest BCUT2D eigenvalue weighted by Gasteiger charge is -2.34. The van der Waals surface area contributed by atoms with Gasteiger partial charge >= 0.3 is 0 Å². The second kappa shape index (κ2) is 7.84. The Balaban J connectivity index is 1.73. The molecule has 27 heavy (non-hydrogen) atoms. The quantitative estimate of drug-likeness (QED) is 0.774. The van der Waals surface area contributed by atoms with Crippen molar-refractivity contribution < 1.29 is 22.3 Å². The zero-order valence-electron chi connectivity index (χ0n) is 14.6. The fourth-order valence-corrected chi connectivity index (χ4v) is 4.50. The van der Waals surface area contributed by atoms with E-state index in [0.29, 0.717) is 16.3 Å². The summed E-state index contributed by atoms with van der Waals surface area (Å²) in [5, 5.41) is 0.414. The fraction of sp³-hybridized carbons (Fsp3) is 0.278. The minimum absolute atomic E-state index is 0.0280. The molecule has 0 atom stereocenters. The molecule has 0 aliphatic carbocycles. The van der Waals surface area contributed by atoms with Crippen LogP contribution in [0.3, 0.4) is 0 Å². The molecule has 1 fully saturated rings. The van der Waals surface area contributed by atoms with Crippen molar-refractivity contribution in [3.8, 4) is 5.75 Å². The van der Waals surface area contributed by atoms with Gasteiger partial charge in [0.25, 0.3) is 5.91 Å². The third kappa shape index (κ3) is 4.07. The van der Waals surface area contributed by atoms with Gasteiger partial charge in [-0.25, -0.2) is 12.8 Å². The molecule has 1 aliphatic heterocycles. The van der Waals surface area contributed by atoms with E-state index in [2.05, 4.69) is 0 Å². The van der Waals surface area contributed by atoms with Crippen LogP contribution in [0.15, 0.2) is 47.4 Å². The average Bonchev–Trinajstić information content (AvgIpc) is 2.68. The molecule has 1 aliphatic rings. The van der Waals surface area contributed by atoms with E-state index in [1.807, 2.05) is 0 Å². The molecule has 0 saturated carbocycles. The van der Waals surface area contributed by atoms with Crippen molar-refractivity contribution in [2.75, 3.05) is 33.3 Å². The Kier molecular flexibility index (Phi) is 5.69. The van der Waals surface area contributed by atoms with Crippen LogP contribution in [0, 0.1) is 5.82 Å². The van der Waals surface area contributed by atoms with Crippen LogP contribution in [-0.2, 0) is 10.0 Å². The Morgan fingerprint density at radius 1 is 1.07 bits per heavy atom. The summed E-state index contributed by atoms with van der Waals surface area (Å²) in [4.78, 5) is 14.4. The monoisotopic (exact) mass is 412 g/mol. The van der Waals surface area contributed by atoms with Gasteiger partial charge in [0.2, 0.25) is 10.0 Å². The van der Waals surface area contributed by atoms with Gasteiger partial charge in [0, 0.05) is 31.2 Å². The number of amides is 1. The first-order chi connectivity index (χ1) is 12.8. The molecule has 6 nitrogen and oxygen atoms in total. The predicted molar refractivity (Wildman–Crippen MR) is 99.1 cm³/mol. The number of sulfonamides is 1. The molecule has 2 aromatic rings. The van der Waals surface area contributed by atoms with E-state index < -0.39 is 15.8 Å². The van der Waals surface area contributed by atoms with Crippen molar-refractivity contribution in [3.63, 3.8) is 0 Å². The molecule has 0 spiro atoms.